The molecular weight excluding hydrogens is 242 g/mol. The van der Waals surface area contributed by atoms with Crippen LogP contribution in [0, 0.1) is 6.92 Å². The summed E-state index contributed by atoms with van der Waals surface area (Å²) in [5, 5.41) is 8.08. The number of aromatic nitrogens is 5. The lowest BCUT2D eigenvalue weighted by Gasteiger charge is -1.94. The molecule has 3 rings (SSSR count). The van der Waals surface area contributed by atoms with Gasteiger partial charge >= 0.3 is 0 Å². The predicted molar refractivity (Wildman–Crippen MR) is 69.8 cm³/mol. The topological polar surface area (TPSA) is 57.2 Å². The molecule has 0 N–H and O–H groups in total. The smallest absolute Gasteiger partial charge is 0.137 e. The summed E-state index contributed by atoms with van der Waals surface area (Å²) in [6, 6.07) is 4.06. The van der Waals surface area contributed by atoms with E-state index >= 15 is 0 Å². The Kier molecular flexibility index (Phi) is 3.00. The largest absolute Gasteiger partial charge is 0.378 e. The molecule has 0 amide bonds. The second kappa shape index (κ2) is 4.81. The van der Waals surface area contributed by atoms with Gasteiger partial charge in [0.1, 0.15) is 11.3 Å². The summed E-state index contributed by atoms with van der Waals surface area (Å²) in [5.74, 6) is 0. The average Bonchev–Trinajstić information content (AvgIpc) is 2.96. The van der Waals surface area contributed by atoms with E-state index in [9.17, 15) is 0 Å². The highest BCUT2D eigenvalue weighted by atomic mass is 16.5. The highest BCUT2D eigenvalue weighted by Crippen LogP contribution is 2.08. The number of imidazole rings is 1. The highest BCUT2D eigenvalue weighted by molar-refractivity contribution is 5.41. The van der Waals surface area contributed by atoms with Crippen LogP contribution in [-0.4, -0.2) is 31.5 Å². The van der Waals surface area contributed by atoms with E-state index in [0.717, 1.165) is 17.0 Å². The number of hydrogen-bond donors (Lipinski definition) is 0. The maximum absolute atomic E-state index is 5.02. The van der Waals surface area contributed by atoms with Crippen molar-refractivity contribution < 1.29 is 4.74 Å². The van der Waals surface area contributed by atoms with E-state index in [2.05, 4.69) is 34.5 Å². The van der Waals surface area contributed by atoms with E-state index in [1.165, 1.54) is 5.56 Å². The predicted octanol–water partition coefficient (Wildman–Crippen LogP) is 1.43. The second-order valence-corrected chi connectivity index (χ2v) is 4.54. The fourth-order valence-corrected chi connectivity index (χ4v) is 2.03. The van der Waals surface area contributed by atoms with E-state index in [0.29, 0.717) is 13.2 Å². The zero-order valence-corrected chi connectivity index (χ0v) is 10.9. The van der Waals surface area contributed by atoms with Crippen LogP contribution in [0.2, 0.25) is 0 Å². The van der Waals surface area contributed by atoms with Crippen molar-refractivity contribution in [3.8, 4) is 0 Å². The molecule has 3 aromatic rings. The van der Waals surface area contributed by atoms with Crippen LogP contribution in [0.3, 0.4) is 0 Å². The van der Waals surface area contributed by atoms with Crippen LogP contribution in [0.5, 0.6) is 0 Å². The molecule has 3 aromatic heterocycles. The summed E-state index contributed by atoms with van der Waals surface area (Å²) >= 11 is 0. The Hall–Kier alpha value is -2.21. The van der Waals surface area contributed by atoms with E-state index < -0.39 is 0 Å². The molecular formula is C13H15N5O. The summed E-state index contributed by atoms with van der Waals surface area (Å²) < 4.78 is 8.81. The number of fused-ring (bicyclic) bond motifs is 1. The van der Waals surface area contributed by atoms with Crippen LogP contribution >= 0.6 is 0 Å². The van der Waals surface area contributed by atoms with E-state index in [1.807, 2.05) is 22.9 Å². The molecule has 0 unspecified atom stereocenters. The summed E-state index contributed by atoms with van der Waals surface area (Å²) in [7, 11) is 1.64. The monoisotopic (exact) mass is 257 g/mol. The lowest BCUT2D eigenvalue weighted by Crippen LogP contribution is -2.00. The van der Waals surface area contributed by atoms with Crippen molar-refractivity contribution >= 4 is 5.65 Å². The minimum atomic E-state index is 0.477. The molecule has 0 radical (unpaired) electrons. The van der Waals surface area contributed by atoms with Crippen LogP contribution in [-0.2, 0) is 17.9 Å². The van der Waals surface area contributed by atoms with Crippen molar-refractivity contribution in [3.63, 3.8) is 0 Å². The lowest BCUT2D eigenvalue weighted by molar-refractivity contribution is 0.181. The Labute approximate surface area is 110 Å². The third-order valence-corrected chi connectivity index (χ3v) is 2.85. The Bertz CT molecular complexity index is 700. The maximum atomic E-state index is 5.02. The third kappa shape index (κ3) is 2.48. The molecule has 0 aliphatic heterocycles. The minimum Gasteiger partial charge on any atom is -0.378 e. The van der Waals surface area contributed by atoms with E-state index in [1.54, 1.807) is 11.8 Å². The SMILES string of the molecule is COCc1cn(Cc2cn3cc(C)ccc3n2)nn1. The van der Waals surface area contributed by atoms with Gasteiger partial charge in [0.2, 0.25) is 0 Å². The van der Waals surface area contributed by atoms with Gasteiger partial charge in [0.05, 0.1) is 25.0 Å². The first kappa shape index (κ1) is 11.9. The summed E-state index contributed by atoms with van der Waals surface area (Å²) in [6.45, 7) is 3.15. The molecule has 0 saturated heterocycles. The van der Waals surface area contributed by atoms with Crippen LogP contribution in [0.4, 0.5) is 0 Å². The van der Waals surface area contributed by atoms with Crippen molar-refractivity contribution in [2.24, 2.45) is 0 Å². The molecule has 19 heavy (non-hydrogen) atoms. The van der Waals surface area contributed by atoms with Crippen molar-refractivity contribution in [1.29, 1.82) is 0 Å². The molecule has 0 fully saturated rings. The number of pyridine rings is 1. The van der Waals surface area contributed by atoms with Gasteiger partial charge in [0.25, 0.3) is 0 Å². The summed E-state index contributed by atoms with van der Waals surface area (Å²) in [5.41, 5.74) is 3.93. The molecule has 3 heterocycles. The molecule has 6 nitrogen and oxygen atoms in total. The van der Waals surface area contributed by atoms with Gasteiger partial charge in [0, 0.05) is 19.5 Å². The number of rotatable bonds is 4. The number of hydrogen-bond acceptors (Lipinski definition) is 4. The van der Waals surface area contributed by atoms with E-state index in [4.69, 9.17) is 4.74 Å². The quantitative estimate of drug-likeness (QED) is 0.709. The van der Waals surface area contributed by atoms with Crippen molar-refractivity contribution in [3.05, 3.63) is 47.7 Å². The molecule has 0 aliphatic rings. The first-order valence-electron chi connectivity index (χ1n) is 6.07. The van der Waals surface area contributed by atoms with Gasteiger partial charge in [-0.1, -0.05) is 11.3 Å². The molecule has 98 valence electrons. The molecule has 6 heteroatoms. The maximum Gasteiger partial charge on any atom is 0.137 e. The van der Waals surface area contributed by atoms with Gasteiger partial charge in [-0.15, -0.1) is 5.10 Å². The van der Waals surface area contributed by atoms with Gasteiger partial charge in [-0.2, -0.15) is 0 Å². The molecule has 0 aromatic carbocycles. The Morgan fingerprint density at radius 2 is 2.05 bits per heavy atom. The van der Waals surface area contributed by atoms with Crippen LogP contribution in [0.15, 0.2) is 30.7 Å². The third-order valence-electron chi connectivity index (χ3n) is 2.85. The standard InChI is InChI=1S/C13H15N5O/c1-10-3-4-13-14-11(6-17(13)5-10)7-18-8-12(9-19-2)15-16-18/h3-6,8H,7,9H2,1-2H3. The number of nitrogens with zero attached hydrogens (tertiary/aromatic N) is 5. The molecule has 0 spiro atoms. The summed E-state index contributed by atoms with van der Waals surface area (Å²) in [6.07, 6.45) is 5.95. The second-order valence-electron chi connectivity index (χ2n) is 4.54. The Balaban J connectivity index is 1.83. The van der Waals surface area contributed by atoms with Gasteiger partial charge in [-0.25, -0.2) is 9.67 Å². The molecule has 0 saturated carbocycles. The van der Waals surface area contributed by atoms with Crippen LogP contribution < -0.4 is 0 Å². The van der Waals surface area contributed by atoms with Gasteiger partial charge in [0.15, 0.2) is 0 Å². The van der Waals surface area contributed by atoms with E-state index in [-0.39, 0.29) is 0 Å². The average molecular weight is 257 g/mol. The van der Waals surface area contributed by atoms with Gasteiger partial charge < -0.3 is 9.14 Å². The van der Waals surface area contributed by atoms with Gasteiger partial charge in [-0.05, 0) is 18.6 Å². The first-order valence-corrected chi connectivity index (χ1v) is 6.07. The Morgan fingerprint density at radius 3 is 2.89 bits per heavy atom. The fourth-order valence-electron chi connectivity index (χ4n) is 2.03. The fraction of sp³-hybridized carbons (Fsp3) is 0.308. The molecule has 0 aliphatic carbocycles. The summed E-state index contributed by atoms with van der Waals surface area (Å²) in [4.78, 5) is 4.55. The number of aryl methyl sites for hydroxylation is 1. The van der Waals surface area contributed by atoms with Crippen LogP contribution in [0.25, 0.3) is 5.65 Å². The number of ether oxygens (including phenoxy) is 1. The zero-order valence-electron chi connectivity index (χ0n) is 10.9. The van der Waals surface area contributed by atoms with Crippen molar-refractivity contribution in [2.75, 3.05) is 7.11 Å². The Morgan fingerprint density at radius 1 is 1.16 bits per heavy atom. The van der Waals surface area contributed by atoms with Crippen molar-refractivity contribution in [1.82, 2.24) is 24.4 Å². The minimum absolute atomic E-state index is 0.477. The first-order chi connectivity index (χ1) is 9.24. The van der Waals surface area contributed by atoms with Crippen molar-refractivity contribution in [2.45, 2.75) is 20.1 Å². The number of methoxy groups -OCH3 is 1. The van der Waals surface area contributed by atoms with Gasteiger partial charge in [-0.3, -0.25) is 0 Å². The lowest BCUT2D eigenvalue weighted by atomic mass is 10.3. The zero-order chi connectivity index (χ0) is 13.2. The van der Waals surface area contributed by atoms with Crippen LogP contribution in [0.1, 0.15) is 17.0 Å². The molecule has 0 bridgehead atoms. The molecule has 0 atom stereocenters. The normalized spacial score (nSPS) is 11.3. The highest BCUT2D eigenvalue weighted by Gasteiger charge is 2.05.